The van der Waals surface area contributed by atoms with Gasteiger partial charge in [0, 0.05) is 13.6 Å². The molecule has 0 aliphatic heterocycles. The molecule has 2 aromatic heterocycles. The Morgan fingerprint density at radius 3 is 2.79 bits per heavy atom. The van der Waals surface area contributed by atoms with E-state index in [0.29, 0.717) is 29.3 Å². The molecule has 0 spiro atoms. The predicted molar refractivity (Wildman–Crippen MR) is 70.7 cm³/mol. The van der Waals surface area contributed by atoms with Crippen molar-refractivity contribution in [1.82, 2.24) is 9.88 Å². The maximum Gasteiger partial charge on any atom is 0.255 e. The van der Waals surface area contributed by atoms with Crippen molar-refractivity contribution in [1.29, 1.82) is 0 Å². The molecule has 1 amide bonds. The molecule has 2 aromatic rings. The van der Waals surface area contributed by atoms with Gasteiger partial charge in [-0.05, 0) is 31.2 Å². The Hall–Kier alpha value is -2.14. The lowest BCUT2D eigenvalue weighted by Crippen LogP contribution is -2.30. The van der Waals surface area contributed by atoms with Crippen molar-refractivity contribution >= 4 is 5.91 Å². The molecule has 5 heteroatoms. The highest BCUT2D eigenvalue weighted by atomic mass is 16.3. The number of aromatic nitrogens is 1. The second-order valence-corrected chi connectivity index (χ2v) is 4.26. The van der Waals surface area contributed by atoms with E-state index in [1.165, 1.54) is 4.90 Å². The summed E-state index contributed by atoms with van der Waals surface area (Å²) in [6, 6.07) is 7.10. The van der Waals surface area contributed by atoms with Crippen molar-refractivity contribution in [2.24, 2.45) is 0 Å². The lowest BCUT2D eigenvalue weighted by atomic mass is 10.1. The molecule has 0 atom stereocenters. The van der Waals surface area contributed by atoms with E-state index < -0.39 is 0 Å². The van der Waals surface area contributed by atoms with Crippen LogP contribution in [0.2, 0.25) is 0 Å². The maximum absolute atomic E-state index is 12.1. The van der Waals surface area contributed by atoms with Gasteiger partial charge in [0.1, 0.15) is 5.69 Å². The summed E-state index contributed by atoms with van der Waals surface area (Å²) in [4.78, 5) is 17.9. The van der Waals surface area contributed by atoms with Crippen LogP contribution in [0.15, 0.2) is 34.9 Å². The Morgan fingerprint density at radius 2 is 2.21 bits per heavy atom. The molecule has 19 heavy (non-hydrogen) atoms. The standard InChI is InChI=1S/C14H16N2O3/c1-10-11(14(18)16(2)7-8-17)5-6-12(15-10)13-4-3-9-19-13/h3-6,9,17H,7-8H2,1-2H3. The number of furan rings is 1. The van der Waals surface area contributed by atoms with Crippen LogP contribution in [0.25, 0.3) is 11.5 Å². The Bertz CT molecular complexity index is 564. The number of pyridine rings is 1. The molecule has 0 radical (unpaired) electrons. The Morgan fingerprint density at radius 1 is 1.42 bits per heavy atom. The molecular weight excluding hydrogens is 244 g/mol. The third-order valence-corrected chi connectivity index (χ3v) is 2.87. The summed E-state index contributed by atoms with van der Waals surface area (Å²) in [5.74, 6) is 0.524. The first kappa shape index (κ1) is 13.3. The van der Waals surface area contributed by atoms with E-state index in [2.05, 4.69) is 4.98 Å². The highest BCUT2D eigenvalue weighted by Gasteiger charge is 2.15. The first-order valence-electron chi connectivity index (χ1n) is 6.01. The second kappa shape index (κ2) is 5.67. The Kier molecular flexibility index (Phi) is 3.97. The molecule has 0 aromatic carbocycles. The monoisotopic (exact) mass is 260 g/mol. The smallest absolute Gasteiger partial charge is 0.255 e. The quantitative estimate of drug-likeness (QED) is 0.908. The van der Waals surface area contributed by atoms with Gasteiger partial charge in [0.25, 0.3) is 5.91 Å². The van der Waals surface area contributed by atoms with E-state index >= 15 is 0 Å². The van der Waals surface area contributed by atoms with Crippen LogP contribution in [0.4, 0.5) is 0 Å². The predicted octanol–water partition coefficient (Wildman–Crippen LogP) is 1.71. The van der Waals surface area contributed by atoms with Crippen LogP contribution in [-0.4, -0.2) is 41.1 Å². The first-order valence-corrected chi connectivity index (χ1v) is 6.01. The first-order chi connectivity index (χ1) is 9.13. The number of hydrogen-bond acceptors (Lipinski definition) is 4. The third kappa shape index (κ3) is 2.82. The lowest BCUT2D eigenvalue weighted by Gasteiger charge is -2.16. The number of amides is 1. The topological polar surface area (TPSA) is 66.6 Å². The summed E-state index contributed by atoms with van der Waals surface area (Å²) in [6.07, 6.45) is 1.58. The number of hydrogen-bond donors (Lipinski definition) is 1. The summed E-state index contributed by atoms with van der Waals surface area (Å²) in [7, 11) is 1.65. The molecular formula is C14H16N2O3. The molecule has 5 nitrogen and oxygen atoms in total. The van der Waals surface area contributed by atoms with Gasteiger partial charge in [-0.25, -0.2) is 4.98 Å². The largest absolute Gasteiger partial charge is 0.463 e. The van der Waals surface area contributed by atoms with Gasteiger partial charge in [-0.3, -0.25) is 4.79 Å². The lowest BCUT2D eigenvalue weighted by molar-refractivity contribution is 0.0766. The van der Waals surface area contributed by atoms with Gasteiger partial charge in [0.2, 0.25) is 0 Å². The molecule has 0 saturated heterocycles. The van der Waals surface area contributed by atoms with Crippen molar-refractivity contribution in [3.8, 4) is 11.5 Å². The number of likely N-dealkylation sites (N-methyl/N-ethyl adjacent to an activating group) is 1. The molecule has 0 bridgehead atoms. The molecule has 0 unspecified atom stereocenters. The zero-order valence-electron chi connectivity index (χ0n) is 11.0. The Balaban J connectivity index is 2.27. The molecule has 2 heterocycles. The van der Waals surface area contributed by atoms with Gasteiger partial charge in [-0.2, -0.15) is 0 Å². The molecule has 0 fully saturated rings. The van der Waals surface area contributed by atoms with Crippen LogP contribution in [0, 0.1) is 6.92 Å². The summed E-state index contributed by atoms with van der Waals surface area (Å²) < 4.78 is 5.27. The fraction of sp³-hybridized carbons (Fsp3) is 0.286. The van der Waals surface area contributed by atoms with Gasteiger partial charge in [0.05, 0.1) is 24.1 Å². The minimum absolute atomic E-state index is 0.0564. The van der Waals surface area contributed by atoms with Crippen LogP contribution < -0.4 is 0 Å². The van der Waals surface area contributed by atoms with Gasteiger partial charge < -0.3 is 14.4 Å². The number of carbonyl (C=O) groups excluding carboxylic acids is 1. The molecule has 0 aliphatic carbocycles. The number of aryl methyl sites for hydroxylation is 1. The summed E-state index contributed by atoms with van der Waals surface area (Å²) in [5.41, 5.74) is 1.87. The molecule has 0 saturated carbocycles. The highest BCUT2D eigenvalue weighted by Crippen LogP contribution is 2.19. The van der Waals surface area contributed by atoms with Gasteiger partial charge in [0.15, 0.2) is 5.76 Å². The number of nitrogens with zero attached hydrogens (tertiary/aromatic N) is 2. The van der Waals surface area contributed by atoms with E-state index in [-0.39, 0.29) is 12.5 Å². The third-order valence-electron chi connectivity index (χ3n) is 2.87. The SMILES string of the molecule is Cc1nc(-c2ccco2)ccc1C(=O)N(C)CCO. The van der Waals surface area contributed by atoms with Crippen molar-refractivity contribution in [3.63, 3.8) is 0 Å². The van der Waals surface area contributed by atoms with E-state index in [9.17, 15) is 4.79 Å². The van der Waals surface area contributed by atoms with Crippen LogP contribution in [0.1, 0.15) is 16.1 Å². The molecule has 2 rings (SSSR count). The maximum atomic E-state index is 12.1. The average Bonchev–Trinajstić information content (AvgIpc) is 2.92. The second-order valence-electron chi connectivity index (χ2n) is 4.26. The average molecular weight is 260 g/mol. The zero-order valence-corrected chi connectivity index (χ0v) is 11.0. The summed E-state index contributed by atoms with van der Waals surface area (Å²) in [5, 5.41) is 8.85. The normalized spacial score (nSPS) is 10.5. The fourth-order valence-corrected chi connectivity index (χ4v) is 1.81. The number of aliphatic hydroxyl groups excluding tert-OH is 1. The Labute approximate surface area is 111 Å². The fourth-order valence-electron chi connectivity index (χ4n) is 1.81. The van der Waals surface area contributed by atoms with Crippen molar-refractivity contribution in [2.45, 2.75) is 6.92 Å². The zero-order chi connectivity index (χ0) is 13.8. The van der Waals surface area contributed by atoms with Crippen LogP contribution >= 0.6 is 0 Å². The number of carbonyl (C=O) groups is 1. The number of rotatable bonds is 4. The van der Waals surface area contributed by atoms with Crippen molar-refractivity contribution in [3.05, 3.63) is 41.8 Å². The minimum Gasteiger partial charge on any atom is -0.463 e. The summed E-state index contributed by atoms with van der Waals surface area (Å²) >= 11 is 0. The van der Waals surface area contributed by atoms with Crippen LogP contribution in [0.3, 0.4) is 0 Å². The molecule has 0 aliphatic rings. The minimum atomic E-state index is -0.148. The van der Waals surface area contributed by atoms with Crippen molar-refractivity contribution < 1.29 is 14.3 Å². The molecule has 1 N–H and O–H groups in total. The van der Waals surface area contributed by atoms with E-state index in [4.69, 9.17) is 9.52 Å². The van der Waals surface area contributed by atoms with E-state index in [0.717, 1.165) is 0 Å². The van der Waals surface area contributed by atoms with E-state index in [1.54, 1.807) is 38.4 Å². The summed E-state index contributed by atoms with van der Waals surface area (Å²) in [6.45, 7) is 2.03. The van der Waals surface area contributed by atoms with Gasteiger partial charge in [-0.1, -0.05) is 0 Å². The van der Waals surface area contributed by atoms with Crippen LogP contribution in [0.5, 0.6) is 0 Å². The number of aliphatic hydroxyl groups is 1. The van der Waals surface area contributed by atoms with Gasteiger partial charge in [-0.15, -0.1) is 0 Å². The highest BCUT2D eigenvalue weighted by molar-refractivity contribution is 5.95. The van der Waals surface area contributed by atoms with Crippen LogP contribution in [-0.2, 0) is 0 Å². The van der Waals surface area contributed by atoms with Crippen molar-refractivity contribution in [2.75, 3.05) is 20.2 Å². The van der Waals surface area contributed by atoms with Gasteiger partial charge >= 0.3 is 0 Å². The van der Waals surface area contributed by atoms with E-state index in [1.807, 2.05) is 6.07 Å². The molecule has 100 valence electrons.